The van der Waals surface area contributed by atoms with Gasteiger partial charge in [0.05, 0.1) is 23.1 Å². The lowest BCUT2D eigenvalue weighted by Gasteiger charge is -2.23. The van der Waals surface area contributed by atoms with Gasteiger partial charge in [-0.1, -0.05) is 52.1 Å². The summed E-state index contributed by atoms with van der Waals surface area (Å²) in [5.74, 6) is 0. The van der Waals surface area contributed by atoms with E-state index in [0.717, 1.165) is 61.6 Å². The monoisotopic (exact) mass is 519 g/mol. The number of aromatic nitrogens is 4. The molecule has 0 aliphatic carbocycles. The summed E-state index contributed by atoms with van der Waals surface area (Å²) in [5, 5.41) is 12.4. The van der Waals surface area contributed by atoms with Gasteiger partial charge in [-0.15, -0.1) is 11.3 Å². The van der Waals surface area contributed by atoms with Crippen molar-refractivity contribution in [2.75, 3.05) is 5.32 Å². The van der Waals surface area contributed by atoms with Crippen LogP contribution < -0.4 is 5.32 Å². The Morgan fingerprint density at radius 2 is 1.84 bits per heavy atom. The molecule has 0 aliphatic heterocycles. The number of benzene rings is 1. The fraction of sp³-hybridized carbons (Fsp3) is 0.188. The summed E-state index contributed by atoms with van der Waals surface area (Å²) in [6.07, 6.45) is 7.64. The van der Waals surface area contributed by atoms with E-state index in [2.05, 4.69) is 122 Å². The van der Waals surface area contributed by atoms with Crippen LogP contribution in [0.3, 0.4) is 0 Å². The van der Waals surface area contributed by atoms with Crippen LogP contribution in [0.2, 0.25) is 0 Å². The van der Waals surface area contributed by atoms with Crippen LogP contribution in [-0.4, -0.2) is 20.2 Å². The number of hydrogen-bond acceptors (Lipinski definition) is 4. The van der Waals surface area contributed by atoms with Crippen molar-refractivity contribution < 1.29 is 0 Å². The third-order valence-electron chi connectivity index (χ3n) is 6.69. The minimum atomic E-state index is -0.0449. The molecule has 0 spiro atoms. The van der Waals surface area contributed by atoms with E-state index in [0.29, 0.717) is 0 Å². The Morgan fingerprint density at radius 1 is 1.03 bits per heavy atom. The van der Waals surface area contributed by atoms with E-state index < -0.39 is 0 Å². The number of hydrogen-bond donors (Lipinski definition) is 3. The lowest BCUT2D eigenvalue weighted by molar-refractivity contribution is 0.509. The first-order valence-corrected chi connectivity index (χ1v) is 13.5. The number of nitrogens with one attached hydrogen (secondary N) is 3. The van der Waals surface area contributed by atoms with Crippen molar-refractivity contribution in [3.8, 4) is 22.5 Å². The SMILES string of the molecule is C=C/C=C(/c1ccc(C)s1)c1cc(-c2n[nH]c3ccc(-c4cncc(NC(=C)C(C)(C)C)c4)cc23)[nH]c1C. The maximum absolute atomic E-state index is 4.69. The highest BCUT2D eigenvalue weighted by atomic mass is 32.1. The van der Waals surface area contributed by atoms with Crippen molar-refractivity contribution in [1.29, 1.82) is 0 Å². The topological polar surface area (TPSA) is 69.4 Å². The number of pyridine rings is 1. The number of H-pyrrole nitrogens is 2. The Bertz CT molecular complexity index is 1690. The molecule has 6 heteroatoms. The molecule has 4 aromatic heterocycles. The number of thiophene rings is 1. The second-order valence-corrected chi connectivity index (χ2v) is 11.9. The van der Waals surface area contributed by atoms with Gasteiger partial charge in [-0.3, -0.25) is 10.1 Å². The molecule has 0 fully saturated rings. The Balaban J connectivity index is 1.52. The zero-order valence-electron chi connectivity index (χ0n) is 22.6. The third-order valence-corrected chi connectivity index (χ3v) is 7.72. The molecule has 0 amide bonds. The molecule has 4 heterocycles. The van der Waals surface area contributed by atoms with Crippen molar-refractivity contribution in [3.05, 3.63) is 107 Å². The largest absolute Gasteiger partial charge is 0.358 e. The van der Waals surface area contributed by atoms with Gasteiger partial charge < -0.3 is 10.3 Å². The summed E-state index contributed by atoms with van der Waals surface area (Å²) in [6.45, 7) is 18.8. The van der Waals surface area contributed by atoms with Crippen LogP contribution >= 0.6 is 11.3 Å². The second-order valence-electron chi connectivity index (χ2n) is 10.6. The standard InChI is InChI=1S/C32H33N5S/c1-8-9-25(30-13-10-19(2)38-30)26-16-29(34-20(26)3)31-27-15-22(11-12-28(27)36-37-31)23-14-24(18-33-17-23)35-21(4)32(5,6)7/h8-18,34-35H,1,4H2,2-3,5-7H3,(H,36,37)/b25-9+. The highest BCUT2D eigenvalue weighted by molar-refractivity contribution is 7.13. The summed E-state index contributed by atoms with van der Waals surface area (Å²) in [4.78, 5) is 10.6. The summed E-state index contributed by atoms with van der Waals surface area (Å²) >= 11 is 1.79. The highest BCUT2D eigenvalue weighted by Crippen LogP contribution is 2.36. The van der Waals surface area contributed by atoms with Crippen LogP contribution in [-0.2, 0) is 0 Å². The average Bonchev–Trinajstić information content (AvgIpc) is 3.60. The Kier molecular flexibility index (Phi) is 6.67. The molecule has 0 atom stereocenters. The van der Waals surface area contributed by atoms with E-state index in [1.165, 1.54) is 9.75 Å². The first-order chi connectivity index (χ1) is 18.1. The molecule has 1 aromatic carbocycles. The predicted molar refractivity (Wildman–Crippen MR) is 162 cm³/mol. The minimum absolute atomic E-state index is 0.0449. The number of allylic oxidation sites excluding steroid dienone is 3. The molecule has 5 rings (SSSR count). The summed E-state index contributed by atoms with van der Waals surface area (Å²) in [7, 11) is 0. The quantitative estimate of drug-likeness (QED) is 0.188. The van der Waals surface area contributed by atoms with Gasteiger partial charge >= 0.3 is 0 Å². The number of aromatic amines is 2. The predicted octanol–water partition coefficient (Wildman–Crippen LogP) is 8.89. The van der Waals surface area contributed by atoms with Gasteiger partial charge in [0, 0.05) is 54.8 Å². The zero-order valence-corrected chi connectivity index (χ0v) is 23.4. The number of nitrogens with zero attached hydrogens (tertiary/aromatic N) is 2. The molecule has 0 radical (unpaired) electrons. The maximum atomic E-state index is 4.69. The highest BCUT2D eigenvalue weighted by Gasteiger charge is 2.18. The normalized spacial score (nSPS) is 12.2. The summed E-state index contributed by atoms with van der Waals surface area (Å²) < 4.78 is 0. The summed E-state index contributed by atoms with van der Waals surface area (Å²) in [5.41, 5.74) is 10.2. The van der Waals surface area contributed by atoms with Crippen LogP contribution in [0.4, 0.5) is 5.69 Å². The molecule has 3 N–H and O–H groups in total. The van der Waals surface area contributed by atoms with E-state index in [1.807, 2.05) is 18.5 Å². The Morgan fingerprint density at radius 3 is 2.55 bits per heavy atom. The summed E-state index contributed by atoms with van der Waals surface area (Å²) in [6, 6.07) is 15.0. The first kappa shape index (κ1) is 25.5. The van der Waals surface area contributed by atoms with Gasteiger partial charge in [-0.2, -0.15) is 5.10 Å². The van der Waals surface area contributed by atoms with Crippen LogP contribution in [0.25, 0.3) is 39.0 Å². The van der Waals surface area contributed by atoms with Gasteiger partial charge in [0.2, 0.25) is 0 Å². The second kappa shape index (κ2) is 9.95. The van der Waals surface area contributed by atoms with Crippen molar-refractivity contribution in [3.63, 3.8) is 0 Å². The van der Waals surface area contributed by atoms with E-state index in [-0.39, 0.29) is 5.41 Å². The average molecular weight is 520 g/mol. The van der Waals surface area contributed by atoms with Crippen LogP contribution in [0, 0.1) is 19.3 Å². The van der Waals surface area contributed by atoms with Crippen LogP contribution in [0.1, 0.15) is 41.8 Å². The van der Waals surface area contributed by atoms with Crippen molar-refractivity contribution >= 4 is 33.5 Å². The molecule has 0 bridgehead atoms. The molecule has 0 saturated heterocycles. The van der Waals surface area contributed by atoms with Crippen molar-refractivity contribution in [1.82, 2.24) is 20.2 Å². The molecular formula is C32H33N5S. The number of fused-ring (bicyclic) bond motifs is 1. The number of rotatable bonds is 7. The first-order valence-electron chi connectivity index (χ1n) is 12.6. The maximum Gasteiger partial charge on any atom is 0.116 e. The smallest absolute Gasteiger partial charge is 0.116 e. The van der Waals surface area contributed by atoms with E-state index in [1.54, 1.807) is 11.3 Å². The van der Waals surface area contributed by atoms with Gasteiger partial charge in [-0.25, -0.2) is 0 Å². The molecule has 0 saturated carbocycles. The number of aryl methyl sites for hydroxylation is 2. The molecule has 5 nitrogen and oxygen atoms in total. The third kappa shape index (κ3) is 5.00. The zero-order chi connectivity index (χ0) is 27.0. The molecule has 192 valence electrons. The molecular weight excluding hydrogens is 486 g/mol. The molecule has 5 aromatic rings. The Labute approximate surface area is 228 Å². The molecule has 0 aliphatic rings. The lowest BCUT2D eigenvalue weighted by Crippen LogP contribution is -2.15. The molecule has 38 heavy (non-hydrogen) atoms. The van der Waals surface area contributed by atoms with Crippen LogP contribution in [0.15, 0.2) is 85.9 Å². The minimum Gasteiger partial charge on any atom is -0.358 e. The van der Waals surface area contributed by atoms with Gasteiger partial charge in [-0.05, 0) is 55.8 Å². The van der Waals surface area contributed by atoms with Gasteiger partial charge in [0.15, 0.2) is 0 Å². The van der Waals surface area contributed by atoms with Gasteiger partial charge in [0.1, 0.15) is 5.69 Å². The van der Waals surface area contributed by atoms with Crippen LogP contribution in [0.5, 0.6) is 0 Å². The number of anilines is 1. The van der Waals surface area contributed by atoms with Crippen molar-refractivity contribution in [2.24, 2.45) is 5.41 Å². The van der Waals surface area contributed by atoms with Crippen molar-refractivity contribution in [2.45, 2.75) is 34.6 Å². The van der Waals surface area contributed by atoms with E-state index in [4.69, 9.17) is 0 Å². The fourth-order valence-electron chi connectivity index (χ4n) is 4.39. The lowest BCUT2D eigenvalue weighted by atomic mass is 9.93. The molecule has 0 unspecified atom stereocenters. The van der Waals surface area contributed by atoms with E-state index >= 15 is 0 Å². The van der Waals surface area contributed by atoms with E-state index in [9.17, 15) is 0 Å². The van der Waals surface area contributed by atoms with Gasteiger partial charge in [0.25, 0.3) is 0 Å². The fourth-order valence-corrected chi connectivity index (χ4v) is 5.30. The Hall–Kier alpha value is -4.16.